The highest BCUT2D eigenvalue weighted by molar-refractivity contribution is 6.74. The van der Waals surface area contributed by atoms with Gasteiger partial charge >= 0.3 is 5.97 Å². The van der Waals surface area contributed by atoms with Crippen LogP contribution in [0.4, 0.5) is 0 Å². The zero-order chi connectivity index (χ0) is 17.3. The van der Waals surface area contributed by atoms with Crippen LogP contribution in [0.2, 0.25) is 18.1 Å². The minimum atomic E-state index is -1.95. The number of carbonyl (C=O) groups excluding carboxylic acids is 2. The number of rotatable bonds is 6. The molecular formula is C16H31NO4Si. The molecule has 1 rings (SSSR count). The first-order chi connectivity index (χ1) is 9.92. The lowest BCUT2D eigenvalue weighted by molar-refractivity contribution is -0.155. The Morgan fingerprint density at radius 1 is 1.32 bits per heavy atom. The standard InChI is InChI=1S/C16H31NO4Si/c1-9-20-15(19)10(2)13-12(14(18)17-13)11(3)21-22(7,8)16(4,5)6/h10-13H,9H2,1-8H3,(H,17,18)/t10?,11-,12-,13-/m1/s1. The maximum atomic E-state index is 12.0. The van der Waals surface area contributed by atoms with Crippen LogP contribution >= 0.6 is 0 Å². The molecule has 4 atom stereocenters. The third-order valence-corrected chi connectivity index (χ3v) is 9.56. The van der Waals surface area contributed by atoms with E-state index in [-0.39, 0.29) is 40.9 Å². The molecule has 1 unspecified atom stereocenters. The van der Waals surface area contributed by atoms with Gasteiger partial charge in [0.15, 0.2) is 8.32 Å². The van der Waals surface area contributed by atoms with E-state index in [2.05, 4.69) is 39.2 Å². The molecule has 0 spiro atoms. The molecule has 0 radical (unpaired) electrons. The number of hydrogen-bond donors (Lipinski definition) is 1. The van der Waals surface area contributed by atoms with Crippen molar-refractivity contribution in [3.05, 3.63) is 0 Å². The molecule has 0 saturated carbocycles. The summed E-state index contributed by atoms with van der Waals surface area (Å²) in [6, 6.07) is -0.202. The Balaban J connectivity index is 2.77. The Morgan fingerprint density at radius 3 is 2.27 bits per heavy atom. The number of amides is 1. The summed E-state index contributed by atoms with van der Waals surface area (Å²) in [6.07, 6.45) is -0.198. The highest BCUT2D eigenvalue weighted by Crippen LogP contribution is 2.39. The van der Waals surface area contributed by atoms with Crippen LogP contribution in [0.25, 0.3) is 0 Å². The molecule has 1 heterocycles. The van der Waals surface area contributed by atoms with Crippen molar-refractivity contribution in [2.24, 2.45) is 11.8 Å². The smallest absolute Gasteiger partial charge is 0.310 e. The first kappa shape index (κ1) is 19.2. The molecule has 0 bridgehead atoms. The second-order valence-electron chi connectivity index (χ2n) is 7.68. The van der Waals surface area contributed by atoms with Crippen molar-refractivity contribution in [2.45, 2.75) is 71.8 Å². The molecule has 1 saturated heterocycles. The van der Waals surface area contributed by atoms with Gasteiger partial charge in [0.25, 0.3) is 0 Å². The Labute approximate surface area is 135 Å². The molecule has 6 heteroatoms. The average Bonchev–Trinajstić information content (AvgIpc) is 2.32. The van der Waals surface area contributed by atoms with E-state index in [0.29, 0.717) is 6.61 Å². The monoisotopic (exact) mass is 329 g/mol. The molecule has 0 aromatic carbocycles. The van der Waals surface area contributed by atoms with Crippen LogP contribution in [-0.4, -0.2) is 38.9 Å². The average molecular weight is 330 g/mol. The highest BCUT2D eigenvalue weighted by atomic mass is 28.4. The van der Waals surface area contributed by atoms with Crippen LogP contribution in [-0.2, 0) is 18.8 Å². The molecule has 1 N–H and O–H groups in total. The predicted octanol–water partition coefficient (Wildman–Crippen LogP) is 2.71. The Hall–Kier alpha value is -0.883. The summed E-state index contributed by atoms with van der Waals surface area (Å²) < 4.78 is 11.4. The number of esters is 1. The van der Waals surface area contributed by atoms with Gasteiger partial charge in [0, 0.05) is 0 Å². The van der Waals surface area contributed by atoms with Gasteiger partial charge in [0.1, 0.15) is 0 Å². The Morgan fingerprint density at radius 2 is 1.86 bits per heavy atom. The lowest BCUT2D eigenvalue weighted by Gasteiger charge is -2.46. The third kappa shape index (κ3) is 3.90. The maximum absolute atomic E-state index is 12.0. The van der Waals surface area contributed by atoms with Crippen molar-refractivity contribution in [3.8, 4) is 0 Å². The van der Waals surface area contributed by atoms with E-state index in [0.717, 1.165) is 0 Å². The van der Waals surface area contributed by atoms with Crippen molar-refractivity contribution < 1.29 is 18.8 Å². The van der Waals surface area contributed by atoms with Gasteiger partial charge in [-0.15, -0.1) is 0 Å². The van der Waals surface area contributed by atoms with E-state index >= 15 is 0 Å². The molecule has 22 heavy (non-hydrogen) atoms. The topological polar surface area (TPSA) is 64.6 Å². The van der Waals surface area contributed by atoms with E-state index in [1.807, 2.05) is 6.92 Å². The summed E-state index contributed by atoms with van der Waals surface area (Å²) in [7, 11) is -1.95. The predicted molar refractivity (Wildman–Crippen MR) is 89.0 cm³/mol. The molecule has 1 fully saturated rings. The van der Waals surface area contributed by atoms with Crippen LogP contribution in [0.15, 0.2) is 0 Å². The first-order valence-electron chi connectivity index (χ1n) is 8.07. The van der Waals surface area contributed by atoms with Crippen LogP contribution < -0.4 is 5.32 Å². The van der Waals surface area contributed by atoms with Gasteiger partial charge in [0.2, 0.25) is 5.91 Å². The number of β-lactam (4-membered cyclic amide) rings is 1. The first-order valence-corrected chi connectivity index (χ1v) is 11.0. The molecule has 0 aromatic heterocycles. The number of hydrogen-bond acceptors (Lipinski definition) is 4. The zero-order valence-corrected chi connectivity index (χ0v) is 16.1. The van der Waals surface area contributed by atoms with Gasteiger partial charge in [0.05, 0.1) is 30.6 Å². The molecule has 0 aromatic rings. The largest absolute Gasteiger partial charge is 0.466 e. The maximum Gasteiger partial charge on any atom is 0.310 e. The van der Waals surface area contributed by atoms with Crippen molar-refractivity contribution in [2.75, 3.05) is 6.61 Å². The zero-order valence-electron chi connectivity index (χ0n) is 15.1. The summed E-state index contributed by atoms with van der Waals surface area (Å²) >= 11 is 0. The molecular weight excluding hydrogens is 298 g/mol. The second-order valence-corrected chi connectivity index (χ2v) is 12.4. The van der Waals surface area contributed by atoms with E-state index in [1.165, 1.54) is 0 Å². The van der Waals surface area contributed by atoms with Gasteiger partial charge in [-0.25, -0.2) is 0 Å². The highest BCUT2D eigenvalue weighted by Gasteiger charge is 2.50. The summed E-state index contributed by atoms with van der Waals surface area (Å²) in [6.45, 7) is 16.7. The Kier molecular flexibility index (Phi) is 5.84. The van der Waals surface area contributed by atoms with Crippen molar-refractivity contribution in [1.82, 2.24) is 5.32 Å². The van der Waals surface area contributed by atoms with E-state index in [4.69, 9.17) is 9.16 Å². The normalized spacial score (nSPS) is 25.0. The van der Waals surface area contributed by atoms with Gasteiger partial charge in [-0.3, -0.25) is 9.59 Å². The molecule has 128 valence electrons. The van der Waals surface area contributed by atoms with E-state index in [1.54, 1.807) is 13.8 Å². The number of nitrogens with one attached hydrogen (secondary N) is 1. The minimum absolute atomic E-state index is 0.0349. The van der Waals surface area contributed by atoms with Crippen molar-refractivity contribution in [3.63, 3.8) is 0 Å². The van der Waals surface area contributed by atoms with Crippen LogP contribution in [0.3, 0.4) is 0 Å². The Bertz CT molecular complexity index is 430. The van der Waals surface area contributed by atoms with Gasteiger partial charge in [-0.05, 0) is 38.9 Å². The minimum Gasteiger partial charge on any atom is -0.466 e. The SMILES string of the molecule is CCOC(=O)C(C)[C@H]1NC(=O)[C@@H]1[C@@H](C)O[Si](C)(C)C(C)(C)C. The molecule has 1 amide bonds. The molecule has 1 aliphatic heterocycles. The summed E-state index contributed by atoms with van der Waals surface area (Å²) in [5, 5.41) is 2.92. The van der Waals surface area contributed by atoms with Gasteiger partial charge in [-0.1, -0.05) is 20.8 Å². The molecule has 1 aliphatic rings. The van der Waals surface area contributed by atoms with E-state index < -0.39 is 8.32 Å². The quantitative estimate of drug-likeness (QED) is 0.462. The van der Waals surface area contributed by atoms with Gasteiger partial charge in [-0.2, -0.15) is 0 Å². The van der Waals surface area contributed by atoms with Crippen LogP contribution in [0, 0.1) is 11.8 Å². The number of carbonyl (C=O) groups is 2. The fraction of sp³-hybridized carbons (Fsp3) is 0.875. The third-order valence-electron chi connectivity index (χ3n) is 4.99. The van der Waals surface area contributed by atoms with Crippen LogP contribution in [0.1, 0.15) is 41.5 Å². The fourth-order valence-electron chi connectivity index (χ4n) is 2.49. The fourth-order valence-corrected chi connectivity index (χ4v) is 3.92. The molecule has 5 nitrogen and oxygen atoms in total. The van der Waals surface area contributed by atoms with E-state index in [9.17, 15) is 9.59 Å². The summed E-state index contributed by atoms with van der Waals surface area (Å²) in [5.74, 6) is -0.939. The lowest BCUT2D eigenvalue weighted by atomic mass is 9.79. The lowest BCUT2D eigenvalue weighted by Crippen LogP contribution is -2.66. The van der Waals surface area contributed by atoms with Gasteiger partial charge < -0.3 is 14.5 Å². The van der Waals surface area contributed by atoms with Crippen molar-refractivity contribution >= 4 is 20.2 Å². The van der Waals surface area contributed by atoms with Crippen LogP contribution in [0.5, 0.6) is 0 Å². The summed E-state index contributed by atoms with van der Waals surface area (Å²) in [4.78, 5) is 23.9. The molecule has 0 aliphatic carbocycles. The van der Waals surface area contributed by atoms with Crippen molar-refractivity contribution in [1.29, 1.82) is 0 Å². The summed E-state index contributed by atoms with van der Waals surface area (Å²) in [5.41, 5.74) is 0. The number of ether oxygens (including phenoxy) is 1. The second kappa shape index (κ2) is 6.70.